The lowest BCUT2D eigenvalue weighted by Crippen LogP contribution is -2.39. The summed E-state index contributed by atoms with van der Waals surface area (Å²) in [6.07, 6.45) is 0.743. The summed E-state index contributed by atoms with van der Waals surface area (Å²) in [5.74, 6) is -0.497. The monoisotopic (exact) mass is 447 g/mol. The average molecular weight is 448 g/mol. The summed E-state index contributed by atoms with van der Waals surface area (Å²) >= 11 is 0. The van der Waals surface area contributed by atoms with Crippen LogP contribution in [-0.2, 0) is 19.7 Å². The molecular weight excluding hydrogens is 414 g/mol. The Morgan fingerprint density at radius 3 is 2.18 bits per heavy atom. The molecule has 1 saturated heterocycles. The first-order valence-corrected chi connectivity index (χ1v) is 11.7. The van der Waals surface area contributed by atoms with E-state index in [1.54, 1.807) is 0 Å². The molecule has 0 spiro atoms. The van der Waals surface area contributed by atoms with Crippen molar-refractivity contribution < 1.29 is 14.3 Å². The van der Waals surface area contributed by atoms with Crippen molar-refractivity contribution in [3.8, 4) is 0 Å². The molecule has 6 nitrogen and oxygen atoms in total. The van der Waals surface area contributed by atoms with E-state index < -0.39 is 0 Å². The summed E-state index contributed by atoms with van der Waals surface area (Å²) in [5.41, 5.74) is 3.59. The van der Waals surface area contributed by atoms with E-state index in [1.807, 2.05) is 42.5 Å². The van der Waals surface area contributed by atoms with Gasteiger partial charge in [0.2, 0.25) is 0 Å². The summed E-state index contributed by atoms with van der Waals surface area (Å²) in [7, 11) is 0. The number of ether oxygens (including phenoxy) is 1. The summed E-state index contributed by atoms with van der Waals surface area (Å²) in [4.78, 5) is 30.4. The Morgan fingerprint density at radius 1 is 0.879 bits per heavy atom. The van der Waals surface area contributed by atoms with Crippen LogP contribution in [0, 0.1) is 0 Å². The predicted molar refractivity (Wildman–Crippen MR) is 131 cm³/mol. The highest BCUT2D eigenvalue weighted by atomic mass is 16.5. The van der Waals surface area contributed by atoms with E-state index >= 15 is 0 Å². The number of nitrogens with zero attached hydrogens (tertiary/aromatic N) is 2. The molecule has 0 saturated carbocycles. The fraction of sp³-hybridized carbons (Fsp3) is 0.407. The minimum absolute atomic E-state index is 0.0451. The highest BCUT2D eigenvalue weighted by Crippen LogP contribution is 2.31. The van der Waals surface area contributed by atoms with Gasteiger partial charge in [0.25, 0.3) is 11.8 Å². The molecule has 2 aliphatic heterocycles. The van der Waals surface area contributed by atoms with Crippen LogP contribution in [0.5, 0.6) is 0 Å². The van der Waals surface area contributed by atoms with Crippen LogP contribution >= 0.6 is 0 Å². The van der Waals surface area contributed by atoms with Crippen LogP contribution in [0.3, 0.4) is 0 Å². The topological polar surface area (TPSA) is 61.9 Å². The van der Waals surface area contributed by atoms with Crippen LogP contribution < -0.4 is 5.32 Å². The number of imide groups is 1. The number of anilines is 1. The highest BCUT2D eigenvalue weighted by molar-refractivity contribution is 6.36. The lowest BCUT2D eigenvalue weighted by atomic mass is 9.87. The standard InChI is InChI=1S/C27H33N3O3/c1-27(2,3)21-10-12-22(13-11-21)28-24-23(20-8-5-4-6-9-20)25(31)30(26(24)32)15-7-14-29-16-18-33-19-17-29/h4-6,8-13,28H,7,14-19H2,1-3H3. The van der Waals surface area contributed by atoms with Gasteiger partial charge in [0.15, 0.2) is 0 Å². The number of hydrogen-bond acceptors (Lipinski definition) is 5. The third-order valence-corrected chi connectivity index (χ3v) is 6.21. The zero-order chi connectivity index (χ0) is 23.4. The molecule has 2 heterocycles. The van der Waals surface area contributed by atoms with Gasteiger partial charge < -0.3 is 10.1 Å². The molecule has 2 aromatic carbocycles. The van der Waals surface area contributed by atoms with E-state index in [2.05, 4.69) is 43.1 Å². The molecule has 2 amide bonds. The molecule has 2 aliphatic rings. The molecule has 1 N–H and O–H groups in total. The van der Waals surface area contributed by atoms with Crippen molar-refractivity contribution in [3.63, 3.8) is 0 Å². The SMILES string of the molecule is CC(C)(C)c1ccc(NC2=C(c3ccccc3)C(=O)N(CCCN3CCOCC3)C2=O)cc1. The maximum atomic E-state index is 13.4. The Kier molecular flexibility index (Phi) is 6.96. The van der Waals surface area contributed by atoms with Crippen molar-refractivity contribution in [3.05, 3.63) is 71.4 Å². The van der Waals surface area contributed by atoms with Gasteiger partial charge in [0.05, 0.1) is 18.8 Å². The molecule has 0 atom stereocenters. The summed E-state index contributed by atoms with van der Waals surface area (Å²) in [6.45, 7) is 11.0. The minimum atomic E-state index is -0.263. The van der Waals surface area contributed by atoms with Gasteiger partial charge >= 0.3 is 0 Å². The lowest BCUT2D eigenvalue weighted by molar-refractivity contribution is -0.136. The Bertz CT molecular complexity index is 1020. The van der Waals surface area contributed by atoms with E-state index in [1.165, 1.54) is 10.5 Å². The number of morpholine rings is 1. The lowest BCUT2D eigenvalue weighted by Gasteiger charge is -2.27. The zero-order valence-electron chi connectivity index (χ0n) is 19.8. The van der Waals surface area contributed by atoms with Gasteiger partial charge in [-0.3, -0.25) is 19.4 Å². The van der Waals surface area contributed by atoms with Gasteiger partial charge in [-0.2, -0.15) is 0 Å². The molecule has 0 aromatic heterocycles. The summed E-state index contributed by atoms with van der Waals surface area (Å²) < 4.78 is 5.40. The first kappa shape index (κ1) is 23.2. The highest BCUT2D eigenvalue weighted by Gasteiger charge is 2.38. The second kappa shape index (κ2) is 9.89. The first-order chi connectivity index (χ1) is 15.8. The minimum Gasteiger partial charge on any atom is -0.379 e. The van der Waals surface area contributed by atoms with Crippen LogP contribution in [0.2, 0.25) is 0 Å². The van der Waals surface area contributed by atoms with Crippen LogP contribution in [0.15, 0.2) is 60.3 Å². The van der Waals surface area contributed by atoms with Gasteiger partial charge in [0, 0.05) is 31.9 Å². The molecule has 0 aliphatic carbocycles. The van der Waals surface area contributed by atoms with Crippen molar-refractivity contribution in [2.45, 2.75) is 32.6 Å². The Morgan fingerprint density at radius 2 is 1.55 bits per heavy atom. The summed E-state index contributed by atoms with van der Waals surface area (Å²) in [6, 6.07) is 17.5. The fourth-order valence-corrected chi connectivity index (χ4v) is 4.24. The molecule has 0 bridgehead atoms. The van der Waals surface area contributed by atoms with Crippen LogP contribution in [0.1, 0.15) is 38.3 Å². The number of carbonyl (C=O) groups excluding carboxylic acids is 2. The Balaban J connectivity index is 1.54. The number of benzene rings is 2. The van der Waals surface area contributed by atoms with E-state index in [9.17, 15) is 9.59 Å². The van der Waals surface area contributed by atoms with E-state index in [0.29, 0.717) is 17.8 Å². The second-order valence-electron chi connectivity index (χ2n) is 9.64. The summed E-state index contributed by atoms with van der Waals surface area (Å²) in [5, 5.41) is 3.26. The smallest absolute Gasteiger partial charge is 0.278 e. The zero-order valence-corrected chi connectivity index (χ0v) is 19.8. The van der Waals surface area contributed by atoms with Gasteiger partial charge in [-0.25, -0.2) is 0 Å². The van der Waals surface area contributed by atoms with E-state index in [-0.39, 0.29) is 17.2 Å². The van der Waals surface area contributed by atoms with Gasteiger partial charge in [-0.15, -0.1) is 0 Å². The molecule has 4 rings (SSSR count). The van der Waals surface area contributed by atoms with Crippen molar-refractivity contribution >= 4 is 23.1 Å². The third-order valence-electron chi connectivity index (χ3n) is 6.21. The largest absolute Gasteiger partial charge is 0.379 e. The van der Waals surface area contributed by atoms with Crippen LogP contribution in [-0.4, -0.2) is 61.0 Å². The molecule has 174 valence electrons. The maximum Gasteiger partial charge on any atom is 0.278 e. The van der Waals surface area contributed by atoms with Crippen molar-refractivity contribution in [1.29, 1.82) is 0 Å². The van der Waals surface area contributed by atoms with Gasteiger partial charge in [-0.05, 0) is 35.1 Å². The first-order valence-electron chi connectivity index (χ1n) is 11.7. The number of nitrogens with one attached hydrogen (secondary N) is 1. The molecule has 2 aromatic rings. The Labute approximate surface area is 196 Å². The Hall–Kier alpha value is -2.96. The quantitative estimate of drug-likeness (QED) is 0.653. The fourth-order valence-electron chi connectivity index (χ4n) is 4.24. The second-order valence-corrected chi connectivity index (χ2v) is 9.64. The molecule has 1 fully saturated rings. The van der Waals surface area contributed by atoms with Crippen molar-refractivity contribution in [2.75, 3.05) is 44.7 Å². The van der Waals surface area contributed by atoms with Crippen molar-refractivity contribution in [2.24, 2.45) is 0 Å². The maximum absolute atomic E-state index is 13.4. The third kappa shape index (κ3) is 5.34. The van der Waals surface area contributed by atoms with Crippen LogP contribution in [0.25, 0.3) is 5.57 Å². The van der Waals surface area contributed by atoms with Crippen molar-refractivity contribution in [1.82, 2.24) is 9.80 Å². The average Bonchev–Trinajstić information content (AvgIpc) is 3.04. The molecular formula is C27H33N3O3. The van der Waals surface area contributed by atoms with Gasteiger partial charge in [-0.1, -0.05) is 63.2 Å². The molecule has 33 heavy (non-hydrogen) atoms. The predicted octanol–water partition coefficient (Wildman–Crippen LogP) is 3.90. The normalized spacial score (nSPS) is 17.7. The molecule has 0 unspecified atom stereocenters. The van der Waals surface area contributed by atoms with Gasteiger partial charge in [0.1, 0.15) is 5.70 Å². The number of carbonyl (C=O) groups is 2. The number of hydrogen-bond donors (Lipinski definition) is 1. The van der Waals surface area contributed by atoms with E-state index in [0.717, 1.165) is 50.5 Å². The van der Waals surface area contributed by atoms with E-state index in [4.69, 9.17) is 4.74 Å². The van der Waals surface area contributed by atoms with Crippen LogP contribution in [0.4, 0.5) is 5.69 Å². The molecule has 6 heteroatoms. The number of amides is 2. The molecule has 0 radical (unpaired) electrons. The number of rotatable bonds is 7.